The Morgan fingerprint density at radius 2 is 2.14 bits per heavy atom. The number of ether oxygens (including phenoxy) is 1. The zero-order valence-corrected chi connectivity index (χ0v) is 11.9. The van der Waals surface area contributed by atoms with E-state index in [1.165, 1.54) is 4.90 Å². The van der Waals surface area contributed by atoms with E-state index in [9.17, 15) is 14.9 Å². The van der Waals surface area contributed by atoms with Gasteiger partial charge >= 0.3 is 0 Å². The van der Waals surface area contributed by atoms with Crippen LogP contribution in [0.3, 0.4) is 0 Å². The van der Waals surface area contributed by atoms with Crippen LogP contribution >= 0.6 is 0 Å². The van der Waals surface area contributed by atoms with Crippen LogP contribution in [0, 0.1) is 10.1 Å². The number of nitrogens with zero attached hydrogens (tertiary/aromatic N) is 2. The third-order valence-corrected chi connectivity index (χ3v) is 3.78. The number of piperidine rings is 1. The molecule has 0 aromatic heterocycles. The van der Waals surface area contributed by atoms with Gasteiger partial charge in [-0.1, -0.05) is 18.2 Å². The number of hydrogen-bond donors (Lipinski definition) is 0. The van der Waals surface area contributed by atoms with Gasteiger partial charge in [0.2, 0.25) is 11.9 Å². The van der Waals surface area contributed by atoms with E-state index in [-0.39, 0.29) is 23.8 Å². The Labute approximate surface area is 123 Å². The van der Waals surface area contributed by atoms with Gasteiger partial charge in [-0.05, 0) is 17.7 Å². The van der Waals surface area contributed by atoms with Crippen molar-refractivity contribution < 1.29 is 14.5 Å². The molecule has 1 amide bonds. The lowest BCUT2D eigenvalue weighted by Gasteiger charge is -2.33. The van der Waals surface area contributed by atoms with Crippen LogP contribution in [0.25, 0.3) is 0 Å². The van der Waals surface area contributed by atoms with Gasteiger partial charge in [0.05, 0.1) is 19.6 Å². The van der Waals surface area contributed by atoms with Gasteiger partial charge in [0.25, 0.3) is 0 Å². The highest BCUT2D eigenvalue weighted by Gasteiger charge is 2.41. The summed E-state index contributed by atoms with van der Waals surface area (Å²) in [6.07, 6.45) is 1.73. The molecular formula is C15H18N2O4. The molecule has 1 aliphatic heterocycles. The number of carbonyl (C=O) groups excluding carboxylic acids is 1. The predicted molar refractivity (Wildman–Crippen MR) is 77.9 cm³/mol. The molecule has 1 fully saturated rings. The second-order valence-corrected chi connectivity index (χ2v) is 5.02. The molecule has 2 rings (SSSR count). The standard InChI is InChI=1S/C15H18N2O4/c1-3-8-16-10-14(17(19)20)13(9-15(16)18)11-4-6-12(21-2)7-5-11/h3-7,13-14H,1,8-10H2,2H3/t13-,14-/m1/s1. The van der Waals surface area contributed by atoms with Crippen molar-refractivity contribution in [3.05, 3.63) is 52.6 Å². The molecule has 0 bridgehead atoms. The minimum atomic E-state index is -0.795. The summed E-state index contributed by atoms with van der Waals surface area (Å²) < 4.78 is 5.08. The first kappa shape index (κ1) is 15.0. The molecule has 0 spiro atoms. The minimum absolute atomic E-state index is 0.0752. The van der Waals surface area contributed by atoms with Crippen LogP contribution in [0.15, 0.2) is 36.9 Å². The van der Waals surface area contributed by atoms with Crippen molar-refractivity contribution in [3.8, 4) is 5.75 Å². The average molecular weight is 290 g/mol. The number of nitro groups is 1. The lowest BCUT2D eigenvalue weighted by atomic mass is 9.85. The maximum absolute atomic E-state index is 12.1. The second kappa shape index (κ2) is 6.39. The lowest BCUT2D eigenvalue weighted by Crippen LogP contribution is -2.49. The Morgan fingerprint density at radius 1 is 1.48 bits per heavy atom. The van der Waals surface area contributed by atoms with Gasteiger partial charge in [0.15, 0.2) is 0 Å². The quantitative estimate of drug-likeness (QED) is 0.471. The average Bonchev–Trinajstić information content (AvgIpc) is 2.49. The highest BCUT2D eigenvalue weighted by molar-refractivity contribution is 5.78. The van der Waals surface area contributed by atoms with E-state index in [1.54, 1.807) is 37.5 Å². The first-order valence-electron chi connectivity index (χ1n) is 6.73. The SMILES string of the molecule is C=CCN1C[C@@H]([N+](=O)[O-])[C@@H](c2ccc(OC)cc2)CC1=O. The van der Waals surface area contributed by atoms with Crippen LogP contribution in [-0.2, 0) is 4.79 Å². The summed E-state index contributed by atoms with van der Waals surface area (Å²) in [7, 11) is 1.56. The van der Waals surface area contributed by atoms with Crippen LogP contribution in [0.4, 0.5) is 0 Å². The predicted octanol–water partition coefficient (Wildman–Crippen LogP) is 1.84. The van der Waals surface area contributed by atoms with E-state index in [2.05, 4.69) is 6.58 Å². The van der Waals surface area contributed by atoms with Crippen molar-refractivity contribution in [2.75, 3.05) is 20.2 Å². The Hall–Kier alpha value is -2.37. The fourth-order valence-corrected chi connectivity index (χ4v) is 2.65. The molecule has 0 N–H and O–H groups in total. The first-order chi connectivity index (χ1) is 10.1. The number of likely N-dealkylation sites (tertiary alicyclic amines) is 1. The molecule has 0 saturated carbocycles. The van der Waals surface area contributed by atoms with Crippen molar-refractivity contribution in [2.45, 2.75) is 18.4 Å². The van der Waals surface area contributed by atoms with Crippen LogP contribution in [0.1, 0.15) is 17.9 Å². The van der Waals surface area contributed by atoms with E-state index in [4.69, 9.17) is 4.74 Å². The zero-order valence-electron chi connectivity index (χ0n) is 11.9. The van der Waals surface area contributed by atoms with Gasteiger partial charge in [-0.15, -0.1) is 6.58 Å². The molecular weight excluding hydrogens is 272 g/mol. The summed E-state index contributed by atoms with van der Waals surface area (Å²) in [5, 5.41) is 11.3. The molecule has 6 nitrogen and oxygen atoms in total. The largest absolute Gasteiger partial charge is 0.497 e. The lowest BCUT2D eigenvalue weighted by molar-refractivity contribution is -0.528. The van der Waals surface area contributed by atoms with Crippen molar-refractivity contribution in [3.63, 3.8) is 0 Å². The minimum Gasteiger partial charge on any atom is -0.497 e. The number of rotatable bonds is 5. The van der Waals surface area contributed by atoms with Gasteiger partial charge in [-0.3, -0.25) is 14.9 Å². The monoisotopic (exact) mass is 290 g/mol. The van der Waals surface area contributed by atoms with Crippen molar-refractivity contribution in [1.29, 1.82) is 0 Å². The molecule has 112 valence electrons. The van der Waals surface area contributed by atoms with Crippen molar-refractivity contribution in [2.24, 2.45) is 0 Å². The van der Waals surface area contributed by atoms with Gasteiger partial charge in [-0.25, -0.2) is 0 Å². The van der Waals surface area contributed by atoms with Crippen LogP contribution in [0.5, 0.6) is 5.75 Å². The third kappa shape index (κ3) is 3.21. The summed E-state index contributed by atoms with van der Waals surface area (Å²) in [6, 6.07) is 6.29. The summed E-state index contributed by atoms with van der Waals surface area (Å²) in [5.41, 5.74) is 0.795. The molecule has 0 radical (unpaired) electrons. The van der Waals surface area contributed by atoms with Gasteiger partial charge < -0.3 is 9.64 Å². The fourth-order valence-electron chi connectivity index (χ4n) is 2.65. The van der Waals surface area contributed by atoms with E-state index >= 15 is 0 Å². The molecule has 1 aliphatic rings. The number of hydrogen-bond acceptors (Lipinski definition) is 4. The van der Waals surface area contributed by atoms with E-state index < -0.39 is 12.0 Å². The number of carbonyl (C=O) groups is 1. The van der Waals surface area contributed by atoms with E-state index in [1.807, 2.05) is 0 Å². The fraction of sp³-hybridized carbons (Fsp3) is 0.400. The molecule has 1 saturated heterocycles. The second-order valence-electron chi connectivity index (χ2n) is 5.02. The number of amides is 1. The molecule has 1 aromatic carbocycles. The molecule has 6 heteroatoms. The van der Waals surface area contributed by atoms with Gasteiger partial charge in [0.1, 0.15) is 5.75 Å². The number of methoxy groups -OCH3 is 1. The zero-order chi connectivity index (χ0) is 15.4. The molecule has 21 heavy (non-hydrogen) atoms. The Kier molecular flexibility index (Phi) is 4.57. The molecule has 0 aliphatic carbocycles. The maximum Gasteiger partial charge on any atom is 0.237 e. The molecule has 1 heterocycles. The van der Waals surface area contributed by atoms with Crippen molar-refractivity contribution in [1.82, 2.24) is 4.90 Å². The molecule has 2 atom stereocenters. The van der Waals surface area contributed by atoms with E-state index in [0.717, 1.165) is 5.56 Å². The van der Waals surface area contributed by atoms with E-state index in [0.29, 0.717) is 12.3 Å². The van der Waals surface area contributed by atoms with Crippen molar-refractivity contribution >= 4 is 5.91 Å². The Morgan fingerprint density at radius 3 is 2.67 bits per heavy atom. The van der Waals surface area contributed by atoms with Gasteiger partial charge in [0, 0.05) is 17.9 Å². The highest BCUT2D eigenvalue weighted by Crippen LogP contribution is 2.31. The third-order valence-electron chi connectivity index (χ3n) is 3.78. The molecule has 1 aromatic rings. The Balaban J connectivity index is 2.25. The van der Waals surface area contributed by atoms with Crippen LogP contribution in [-0.4, -0.2) is 42.0 Å². The Bertz CT molecular complexity index is 541. The summed E-state index contributed by atoms with van der Waals surface area (Å²) in [6.45, 7) is 4.04. The van der Waals surface area contributed by atoms with Gasteiger partial charge in [-0.2, -0.15) is 0 Å². The summed E-state index contributed by atoms with van der Waals surface area (Å²) >= 11 is 0. The first-order valence-corrected chi connectivity index (χ1v) is 6.73. The normalized spacial score (nSPS) is 22.0. The van der Waals surface area contributed by atoms with Crippen LogP contribution in [0.2, 0.25) is 0 Å². The number of benzene rings is 1. The smallest absolute Gasteiger partial charge is 0.237 e. The topological polar surface area (TPSA) is 72.7 Å². The summed E-state index contributed by atoms with van der Waals surface area (Å²) in [4.78, 5) is 24.6. The highest BCUT2D eigenvalue weighted by atomic mass is 16.6. The molecule has 0 unspecified atom stereocenters. The van der Waals surface area contributed by atoms with Crippen LogP contribution < -0.4 is 4.74 Å². The maximum atomic E-state index is 12.1. The summed E-state index contributed by atoms with van der Waals surface area (Å²) in [5.74, 6) is 0.208.